The van der Waals surface area contributed by atoms with E-state index in [1.807, 2.05) is 11.8 Å². The molecule has 6 nitrogen and oxygen atoms in total. The van der Waals surface area contributed by atoms with Crippen molar-refractivity contribution in [2.75, 3.05) is 43.6 Å². The van der Waals surface area contributed by atoms with Crippen molar-refractivity contribution in [3.63, 3.8) is 0 Å². The van der Waals surface area contributed by atoms with E-state index >= 15 is 0 Å². The minimum atomic E-state index is -0.629. The molecule has 26 heavy (non-hydrogen) atoms. The third kappa shape index (κ3) is 5.14. The van der Waals surface area contributed by atoms with Gasteiger partial charge in [-0.3, -0.25) is 14.5 Å². The zero-order chi connectivity index (χ0) is 18.4. The quantitative estimate of drug-likeness (QED) is 0.768. The van der Waals surface area contributed by atoms with Crippen LogP contribution < -0.4 is 15.4 Å². The van der Waals surface area contributed by atoms with Crippen molar-refractivity contribution in [1.82, 2.24) is 10.2 Å². The lowest BCUT2D eigenvalue weighted by atomic mass is 9.95. The molecule has 2 heterocycles. The van der Waals surface area contributed by atoms with Gasteiger partial charge in [0.05, 0.1) is 7.11 Å². The summed E-state index contributed by atoms with van der Waals surface area (Å²) in [5.41, 5.74) is 0.577. The third-order valence-corrected chi connectivity index (χ3v) is 6.32. The molecule has 2 aliphatic rings. The van der Waals surface area contributed by atoms with Gasteiger partial charge in [0.25, 0.3) is 0 Å². The van der Waals surface area contributed by atoms with Gasteiger partial charge in [-0.1, -0.05) is 0 Å². The van der Waals surface area contributed by atoms with E-state index < -0.39 is 11.8 Å². The van der Waals surface area contributed by atoms with Crippen LogP contribution in [0.2, 0.25) is 0 Å². The molecule has 0 radical (unpaired) electrons. The van der Waals surface area contributed by atoms with Crippen LogP contribution in [0.3, 0.4) is 0 Å². The Morgan fingerprint density at radius 1 is 1.15 bits per heavy atom. The van der Waals surface area contributed by atoms with Crippen molar-refractivity contribution >= 4 is 29.3 Å². The summed E-state index contributed by atoms with van der Waals surface area (Å²) in [6, 6.07) is 7.64. The maximum Gasteiger partial charge on any atom is 0.313 e. The number of carbonyl (C=O) groups is 2. The van der Waals surface area contributed by atoms with E-state index in [0.29, 0.717) is 23.9 Å². The van der Waals surface area contributed by atoms with Crippen molar-refractivity contribution < 1.29 is 14.3 Å². The first-order valence-corrected chi connectivity index (χ1v) is 10.4. The van der Waals surface area contributed by atoms with Gasteiger partial charge in [-0.05, 0) is 68.3 Å². The minimum Gasteiger partial charge on any atom is -0.497 e. The number of nitrogens with zero attached hydrogens (tertiary/aromatic N) is 1. The molecule has 2 fully saturated rings. The Kier molecular flexibility index (Phi) is 6.80. The molecular weight excluding hydrogens is 350 g/mol. The van der Waals surface area contributed by atoms with Gasteiger partial charge in [-0.25, -0.2) is 0 Å². The van der Waals surface area contributed by atoms with Gasteiger partial charge in [0, 0.05) is 24.0 Å². The highest BCUT2D eigenvalue weighted by Gasteiger charge is 2.27. The van der Waals surface area contributed by atoms with Crippen LogP contribution in [-0.2, 0) is 9.59 Å². The Morgan fingerprint density at radius 3 is 2.50 bits per heavy atom. The van der Waals surface area contributed by atoms with E-state index in [9.17, 15) is 9.59 Å². The molecule has 0 aliphatic carbocycles. The summed E-state index contributed by atoms with van der Waals surface area (Å²) in [7, 11) is 1.58. The number of methoxy groups -OCH3 is 1. The minimum absolute atomic E-state index is 0.457. The predicted octanol–water partition coefficient (Wildman–Crippen LogP) is 1.97. The molecule has 2 amide bonds. The van der Waals surface area contributed by atoms with Gasteiger partial charge in [-0.2, -0.15) is 11.8 Å². The molecule has 7 heteroatoms. The maximum atomic E-state index is 12.0. The molecule has 0 saturated carbocycles. The molecule has 2 N–H and O–H groups in total. The second-order valence-corrected chi connectivity index (χ2v) is 8.04. The Hall–Kier alpha value is -1.73. The molecule has 1 aromatic rings. The molecule has 1 atom stereocenters. The molecular formula is C19H27N3O3S. The van der Waals surface area contributed by atoms with Crippen molar-refractivity contribution in [3.8, 4) is 5.75 Å². The smallest absolute Gasteiger partial charge is 0.313 e. The van der Waals surface area contributed by atoms with Crippen LogP contribution in [0.1, 0.15) is 19.3 Å². The van der Waals surface area contributed by atoms with Crippen molar-refractivity contribution in [1.29, 1.82) is 0 Å². The number of hydrogen-bond acceptors (Lipinski definition) is 5. The summed E-state index contributed by atoms with van der Waals surface area (Å²) in [5, 5.41) is 5.39. The maximum absolute atomic E-state index is 12.0. The number of piperidine rings is 1. The highest BCUT2D eigenvalue weighted by Crippen LogP contribution is 2.26. The largest absolute Gasteiger partial charge is 0.497 e. The summed E-state index contributed by atoms with van der Waals surface area (Å²) in [5.74, 6) is 2.50. The molecule has 1 unspecified atom stereocenters. The molecule has 1 aromatic carbocycles. The van der Waals surface area contributed by atoms with E-state index in [1.165, 1.54) is 17.9 Å². The predicted molar refractivity (Wildman–Crippen MR) is 105 cm³/mol. The van der Waals surface area contributed by atoms with E-state index in [1.54, 1.807) is 31.4 Å². The number of nitrogens with one attached hydrogen (secondary N) is 2. The fourth-order valence-corrected chi connectivity index (χ4v) is 4.77. The summed E-state index contributed by atoms with van der Waals surface area (Å²) >= 11 is 2.05. The zero-order valence-electron chi connectivity index (χ0n) is 15.2. The number of anilines is 1. The number of hydrogen-bond donors (Lipinski definition) is 2. The van der Waals surface area contributed by atoms with Gasteiger partial charge in [-0.15, -0.1) is 0 Å². The van der Waals surface area contributed by atoms with Gasteiger partial charge in [0.1, 0.15) is 5.75 Å². The van der Waals surface area contributed by atoms with Crippen LogP contribution in [-0.4, -0.2) is 61.0 Å². The van der Waals surface area contributed by atoms with Crippen LogP contribution in [0.15, 0.2) is 24.3 Å². The van der Waals surface area contributed by atoms with Gasteiger partial charge in [0.15, 0.2) is 0 Å². The topological polar surface area (TPSA) is 70.7 Å². The number of rotatable bonds is 5. The van der Waals surface area contributed by atoms with Crippen LogP contribution in [0.5, 0.6) is 5.75 Å². The normalized spacial score (nSPS) is 21.3. The molecule has 0 spiro atoms. The Labute approximate surface area is 159 Å². The molecule has 2 saturated heterocycles. The number of amides is 2. The standard InChI is InChI=1S/C19H27N3O3S/c1-25-17-4-2-15(3-5-17)21-19(24)18(23)20-12-14-6-9-22(10-7-14)16-8-11-26-13-16/h2-5,14,16H,6-13H2,1H3,(H,20,23)(H,21,24). The molecule has 0 bridgehead atoms. The highest BCUT2D eigenvalue weighted by atomic mass is 32.2. The first-order valence-electron chi connectivity index (χ1n) is 9.20. The molecule has 3 rings (SSSR count). The average molecular weight is 378 g/mol. The first kappa shape index (κ1) is 19.0. The lowest BCUT2D eigenvalue weighted by Crippen LogP contribution is -2.45. The fraction of sp³-hybridized carbons (Fsp3) is 0.579. The highest BCUT2D eigenvalue weighted by molar-refractivity contribution is 7.99. The number of carbonyl (C=O) groups excluding carboxylic acids is 2. The number of benzene rings is 1. The zero-order valence-corrected chi connectivity index (χ0v) is 16.0. The summed E-state index contributed by atoms with van der Waals surface area (Å²) < 4.78 is 5.07. The van der Waals surface area contributed by atoms with E-state index in [0.717, 1.165) is 32.0 Å². The van der Waals surface area contributed by atoms with E-state index in [-0.39, 0.29) is 0 Å². The van der Waals surface area contributed by atoms with Crippen molar-refractivity contribution in [3.05, 3.63) is 24.3 Å². The van der Waals surface area contributed by atoms with Gasteiger partial charge < -0.3 is 15.4 Å². The van der Waals surface area contributed by atoms with Crippen LogP contribution in [0.25, 0.3) is 0 Å². The van der Waals surface area contributed by atoms with Crippen molar-refractivity contribution in [2.24, 2.45) is 5.92 Å². The Morgan fingerprint density at radius 2 is 1.88 bits per heavy atom. The van der Waals surface area contributed by atoms with E-state index in [4.69, 9.17) is 4.74 Å². The third-order valence-electron chi connectivity index (χ3n) is 5.18. The van der Waals surface area contributed by atoms with Crippen LogP contribution in [0, 0.1) is 5.92 Å². The fourth-order valence-electron chi connectivity index (χ4n) is 3.51. The van der Waals surface area contributed by atoms with Crippen LogP contribution in [0.4, 0.5) is 5.69 Å². The number of thioether (sulfide) groups is 1. The summed E-state index contributed by atoms with van der Waals surface area (Å²) in [6.45, 7) is 2.77. The Balaban J connectivity index is 1.37. The number of likely N-dealkylation sites (tertiary alicyclic amines) is 1. The molecule has 0 aromatic heterocycles. The number of ether oxygens (including phenoxy) is 1. The Bertz CT molecular complexity index is 609. The van der Waals surface area contributed by atoms with Crippen LogP contribution >= 0.6 is 11.8 Å². The lowest BCUT2D eigenvalue weighted by molar-refractivity contribution is -0.136. The lowest BCUT2D eigenvalue weighted by Gasteiger charge is -2.35. The second kappa shape index (κ2) is 9.28. The average Bonchev–Trinajstić information content (AvgIpc) is 3.22. The monoisotopic (exact) mass is 377 g/mol. The van der Waals surface area contributed by atoms with E-state index in [2.05, 4.69) is 15.5 Å². The summed E-state index contributed by atoms with van der Waals surface area (Å²) in [4.78, 5) is 26.6. The summed E-state index contributed by atoms with van der Waals surface area (Å²) in [6.07, 6.45) is 3.47. The second-order valence-electron chi connectivity index (χ2n) is 6.89. The van der Waals surface area contributed by atoms with Gasteiger partial charge in [0.2, 0.25) is 0 Å². The van der Waals surface area contributed by atoms with Gasteiger partial charge >= 0.3 is 11.8 Å². The van der Waals surface area contributed by atoms with Crippen molar-refractivity contribution in [2.45, 2.75) is 25.3 Å². The first-order chi connectivity index (χ1) is 12.7. The molecule has 142 valence electrons. The molecule has 2 aliphatic heterocycles. The SMILES string of the molecule is COc1ccc(NC(=O)C(=O)NCC2CCN(C3CCSC3)CC2)cc1.